The third-order valence-electron chi connectivity index (χ3n) is 3.48. The standard InChI is InChI=1S/C17H16BrN3O3S/c1-10(2)11-3-5-12(6-4-11)16(22)20-17(25)19-15-8-7-13(21(23)24)9-14(15)18/h3-10H,1-2H3,(H2,19,20,22,25). The lowest BCUT2D eigenvalue weighted by atomic mass is 10.0. The lowest BCUT2D eigenvalue weighted by molar-refractivity contribution is -0.384. The quantitative estimate of drug-likeness (QED) is 0.427. The molecule has 0 heterocycles. The van der Waals surface area contributed by atoms with Gasteiger partial charge in [-0.15, -0.1) is 0 Å². The minimum atomic E-state index is -0.491. The third-order valence-corrected chi connectivity index (χ3v) is 4.34. The van der Waals surface area contributed by atoms with E-state index in [1.165, 1.54) is 18.2 Å². The molecule has 130 valence electrons. The molecule has 0 aliphatic heterocycles. The Morgan fingerprint density at radius 2 is 1.84 bits per heavy atom. The summed E-state index contributed by atoms with van der Waals surface area (Å²) in [7, 11) is 0. The van der Waals surface area contributed by atoms with E-state index in [9.17, 15) is 14.9 Å². The molecule has 0 saturated heterocycles. The van der Waals surface area contributed by atoms with Gasteiger partial charge in [0.1, 0.15) is 0 Å². The number of rotatable bonds is 4. The van der Waals surface area contributed by atoms with Crippen LogP contribution in [0.4, 0.5) is 11.4 Å². The maximum Gasteiger partial charge on any atom is 0.270 e. The Morgan fingerprint density at radius 3 is 2.36 bits per heavy atom. The molecule has 0 aliphatic carbocycles. The predicted octanol–water partition coefficient (Wildman–Crippen LogP) is 4.61. The van der Waals surface area contributed by atoms with Gasteiger partial charge in [0, 0.05) is 22.2 Å². The van der Waals surface area contributed by atoms with E-state index in [0.29, 0.717) is 21.6 Å². The molecule has 0 spiro atoms. The Morgan fingerprint density at radius 1 is 1.20 bits per heavy atom. The lowest BCUT2D eigenvalue weighted by Crippen LogP contribution is -2.34. The van der Waals surface area contributed by atoms with Gasteiger partial charge in [0.2, 0.25) is 0 Å². The first-order valence-corrected chi connectivity index (χ1v) is 8.64. The van der Waals surface area contributed by atoms with Gasteiger partial charge in [0.15, 0.2) is 5.11 Å². The van der Waals surface area contributed by atoms with E-state index in [-0.39, 0.29) is 16.7 Å². The average Bonchev–Trinajstić information content (AvgIpc) is 2.56. The lowest BCUT2D eigenvalue weighted by Gasteiger charge is -2.11. The first kappa shape index (κ1) is 19.0. The summed E-state index contributed by atoms with van der Waals surface area (Å²) >= 11 is 8.36. The minimum Gasteiger partial charge on any atom is -0.331 e. The Balaban J connectivity index is 2.02. The number of halogens is 1. The number of nitrogens with zero attached hydrogens (tertiary/aromatic N) is 1. The molecule has 0 bridgehead atoms. The van der Waals surface area contributed by atoms with Gasteiger partial charge in [-0.2, -0.15) is 0 Å². The van der Waals surface area contributed by atoms with Crippen LogP contribution in [0, 0.1) is 10.1 Å². The van der Waals surface area contributed by atoms with E-state index < -0.39 is 4.92 Å². The molecule has 2 N–H and O–H groups in total. The fraction of sp³-hybridized carbons (Fsp3) is 0.176. The van der Waals surface area contributed by atoms with Gasteiger partial charge in [-0.05, 0) is 57.8 Å². The molecule has 0 radical (unpaired) electrons. The highest BCUT2D eigenvalue weighted by molar-refractivity contribution is 9.10. The molecule has 1 amide bonds. The first-order valence-electron chi connectivity index (χ1n) is 7.44. The summed E-state index contributed by atoms with van der Waals surface area (Å²) in [6, 6.07) is 11.5. The molecule has 2 aromatic rings. The number of hydrogen-bond donors (Lipinski definition) is 2. The van der Waals surface area contributed by atoms with Crippen molar-refractivity contribution in [3.63, 3.8) is 0 Å². The number of carbonyl (C=O) groups is 1. The van der Waals surface area contributed by atoms with Crippen LogP contribution in [0.15, 0.2) is 46.9 Å². The number of carbonyl (C=O) groups excluding carboxylic acids is 1. The second-order valence-corrected chi connectivity index (χ2v) is 6.87. The van der Waals surface area contributed by atoms with Crippen molar-refractivity contribution < 1.29 is 9.72 Å². The summed E-state index contributed by atoms with van der Waals surface area (Å²) < 4.78 is 0.472. The maximum absolute atomic E-state index is 12.2. The molecule has 0 unspecified atom stereocenters. The average molecular weight is 422 g/mol. The highest BCUT2D eigenvalue weighted by atomic mass is 79.9. The van der Waals surface area contributed by atoms with Gasteiger partial charge in [-0.25, -0.2) is 0 Å². The third kappa shape index (κ3) is 5.07. The van der Waals surface area contributed by atoms with E-state index >= 15 is 0 Å². The van der Waals surface area contributed by atoms with Crippen LogP contribution in [0.2, 0.25) is 0 Å². The summed E-state index contributed by atoms with van der Waals surface area (Å²) in [5.74, 6) is 0.0604. The van der Waals surface area contributed by atoms with Gasteiger partial charge < -0.3 is 5.32 Å². The van der Waals surface area contributed by atoms with Crippen molar-refractivity contribution >= 4 is 50.5 Å². The summed E-state index contributed by atoms with van der Waals surface area (Å²) in [6.07, 6.45) is 0. The van der Waals surface area contributed by atoms with Crippen LogP contribution in [0.5, 0.6) is 0 Å². The van der Waals surface area contributed by atoms with Crippen LogP contribution in [0.1, 0.15) is 35.7 Å². The van der Waals surface area contributed by atoms with Crippen molar-refractivity contribution in [3.8, 4) is 0 Å². The Kier molecular flexibility index (Phi) is 6.22. The Labute approximate surface area is 158 Å². The monoisotopic (exact) mass is 421 g/mol. The normalized spacial score (nSPS) is 10.4. The van der Waals surface area contributed by atoms with Crippen LogP contribution in [-0.2, 0) is 0 Å². The summed E-state index contributed by atoms with van der Waals surface area (Å²) in [5, 5.41) is 16.3. The number of thiocarbonyl (C=S) groups is 1. The smallest absolute Gasteiger partial charge is 0.270 e. The van der Waals surface area contributed by atoms with E-state index in [0.717, 1.165) is 5.56 Å². The predicted molar refractivity (Wildman–Crippen MR) is 105 cm³/mol. The van der Waals surface area contributed by atoms with E-state index in [1.807, 2.05) is 12.1 Å². The number of nitrogens with one attached hydrogen (secondary N) is 2. The Hall–Kier alpha value is -2.32. The van der Waals surface area contributed by atoms with Crippen LogP contribution in [0.25, 0.3) is 0 Å². The molecule has 0 atom stereocenters. The molecule has 8 heteroatoms. The van der Waals surface area contributed by atoms with E-state index in [4.69, 9.17) is 12.2 Å². The number of amides is 1. The van der Waals surface area contributed by atoms with Crippen molar-refractivity contribution in [3.05, 3.63) is 68.2 Å². The van der Waals surface area contributed by atoms with Gasteiger partial charge in [0.25, 0.3) is 11.6 Å². The minimum absolute atomic E-state index is 0.0439. The number of non-ortho nitro benzene ring substituents is 1. The summed E-state index contributed by atoms with van der Waals surface area (Å²) in [6.45, 7) is 4.16. The van der Waals surface area contributed by atoms with Crippen molar-refractivity contribution in [2.45, 2.75) is 19.8 Å². The molecule has 2 aromatic carbocycles. The number of nitro benzene ring substituents is 1. The van der Waals surface area contributed by atoms with Crippen LogP contribution in [-0.4, -0.2) is 15.9 Å². The first-order chi connectivity index (χ1) is 11.8. The van der Waals surface area contributed by atoms with Gasteiger partial charge >= 0.3 is 0 Å². The molecule has 2 rings (SSSR count). The van der Waals surface area contributed by atoms with Gasteiger partial charge in [-0.3, -0.25) is 20.2 Å². The topological polar surface area (TPSA) is 84.3 Å². The summed E-state index contributed by atoms with van der Waals surface area (Å²) in [4.78, 5) is 22.5. The molecular formula is C17H16BrN3O3S. The SMILES string of the molecule is CC(C)c1ccc(C(=O)NC(=S)Nc2ccc([N+](=O)[O-])cc2Br)cc1. The van der Waals surface area contributed by atoms with Gasteiger partial charge in [0.05, 0.1) is 10.6 Å². The second kappa shape index (κ2) is 8.17. The van der Waals surface area contributed by atoms with E-state index in [1.54, 1.807) is 12.1 Å². The molecule has 25 heavy (non-hydrogen) atoms. The highest BCUT2D eigenvalue weighted by Gasteiger charge is 2.12. The molecule has 0 aliphatic rings. The van der Waals surface area contributed by atoms with Crippen molar-refractivity contribution in [1.82, 2.24) is 5.32 Å². The summed E-state index contributed by atoms with van der Waals surface area (Å²) in [5.41, 5.74) is 2.12. The Bertz CT molecular complexity index is 822. The van der Waals surface area contributed by atoms with Crippen molar-refractivity contribution in [2.24, 2.45) is 0 Å². The van der Waals surface area contributed by atoms with E-state index in [2.05, 4.69) is 40.4 Å². The second-order valence-electron chi connectivity index (χ2n) is 5.61. The zero-order chi connectivity index (χ0) is 18.6. The zero-order valence-electron chi connectivity index (χ0n) is 13.6. The van der Waals surface area contributed by atoms with Gasteiger partial charge in [-0.1, -0.05) is 26.0 Å². The number of benzene rings is 2. The van der Waals surface area contributed by atoms with Crippen molar-refractivity contribution in [2.75, 3.05) is 5.32 Å². The number of anilines is 1. The zero-order valence-corrected chi connectivity index (χ0v) is 16.0. The van der Waals surface area contributed by atoms with Crippen LogP contribution < -0.4 is 10.6 Å². The largest absolute Gasteiger partial charge is 0.331 e. The molecule has 0 saturated carbocycles. The molecule has 0 fully saturated rings. The maximum atomic E-state index is 12.2. The highest BCUT2D eigenvalue weighted by Crippen LogP contribution is 2.27. The number of nitro groups is 1. The molecule has 0 aromatic heterocycles. The van der Waals surface area contributed by atoms with Crippen molar-refractivity contribution in [1.29, 1.82) is 0 Å². The fourth-order valence-corrected chi connectivity index (χ4v) is 2.74. The van der Waals surface area contributed by atoms with Crippen LogP contribution in [0.3, 0.4) is 0 Å². The van der Waals surface area contributed by atoms with Crippen LogP contribution >= 0.6 is 28.1 Å². The number of hydrogen-bond acceptors (Lipinski definition) is 4. The fourth-order valence-electron chi connectivity index (χ4n) is 2.07. The molecular weight excluding hydrogens is 406 g/mol. The molecule has 6 nitrogen and oxygen atoms in total.